The van der Waals surface area contributed by atoms with Crippen LogP contribution in [0, 0.1) is 0 Å². The molecule has 7 heteroatoms. The van der Waals surface area contributed by atoms with Gasteiger partial charge in [-0.1, -0.05) is 78.5 Å². The van der Waals surface area contributed by atoms with E-state index < -0.39 is 0 Å². The Morgan fingerprint density at radius 1 is 1.03 bits per heavy atom. The van der Waals surface area contributed by atoms with Crippen LogP contribution in [0.25, 0.3) is 11.4 Å². The number of benzene rings is 2. The average molecular weight is 447 g/mol. The number of aromatic nitrogens is 3. The topological polar surface area (TPSA) is 51.0 Å². The lowest BCUT2D eigenvalue weighted by molar-refractivity contribution is -0.116. The number of carbonyl (C=O) groups excluding carboxylic acids is 1. The van der Waals surface area contributed by atoms with E-state index in [0.717, 1.165) is 33.7 Å². The molecular formula is C24H22N4OS2. The van der Waals surface area contributed by atoms with Crippen molar-refractivity contribution in [2.75, 3.05) is 10.7 Å². The van der Waals surface area contributed by atoms with Crippen molar-refractivity contribution in [2.24, 2.45) is 0 Å². The molecule has 2 atom stereocenters. The van der Waals surface area contributed by atoms with E-state index in [4.69, 9.17) is 0 Å². The van der Waals surface area contributed by atoms with E-state index in [1.54, 1.807) is 0 Å². The lowest BCUT2D eigenvalue weighted by Crippen LogP contribution is -2.48. The van der Waals surface area contributed by atoms with Gasteiger partial charge in [0.05, 0.1) is 22.7 Å². The maximum atomic E-state index is 13.4. The van der Waals surface area contributed by atoms with Crippen LogP contribution in [0.1, 0.15) is 6.92 Å². The third kappa shape index (κ3) is 3.83. The number of rotatable bonds is 5. The van der Waals surface area contributed by atoms with Crippen LogP contribution in [0.5, 0.6) is 0 Å². The van der Waals surface area contributed by atoms with Gasteiger partial charge in [0.15, 0.2) is 11.0 Å². The van der Waals surface area contributed by atoms with Gasteiger partial charge in [-0.25, -0.2) is 0 Å². The summed E-state index contributed by atoms with van der Waals surface area (Å²) in [6.45, 7) is 2.82. The van der Waals surface area contributed by atoms with Crippen molar-refractivity contribution in [3.8, 4) is 11.4 Å². The molecule has 1 aliphatic carbocycles. The second-order valence-corrected chi connectivity index (χ2v) is 9.44. The van der Waals surface area contributed by atoms with Gasteiger partial charge in [-0.2, -0.15) is 0 Å². The molecule has 0 saturated carbocycles. The SMILES string of the molecule is CCn1c(SCC(=O)N2c3ccccc3S[C@@H]3C=CC=C[C@H]32)nnc1-c1ccccc1. The van der Waals surface area contributed by atoms with E-state index in [9.17, 15) is 4.79 Å². The summed E-state index contributed by atoms with van der Waals surface area (Å²) in [5.74, 6) is 1.23. The van der Waals surface area contributed by atoms with Crippen LogP contribution in [-0.4, -0.2) is 37.7 Å². The minimum Gasteiger partial charge on any atom is -0.302 e. The minimum atomic E-state index is 0.0296. The Kier molecular flexibility index (Phi) is 5.70. The molecule has 156 valence electrons. The van der Waals surface area contributed by atoms with Gasteiger partial charge in [-0.05, 0) is 19.1 Å². The monoisotopic (exact) mass is 446 g/mol. The first-order chi connectivity index (χ1) is 15.3. The first-order valence-corrected chi connectivity index (χ1v) is 12.2. The fourth-order valence-electron chi connectivity index (χ4n) is 3.96. The highest BCUT2D eigenvalue weighted by Gasteiger charge is 2.36. The molecule has 0 bridgehead atoms. The van der Waals surface area contributed by atoms with E-state index in [1.165, 1.54) is 11.8 Å². The number of thioether (sulfide) groups is 2. The van der Waals surface area contributed by atoms with Crippen molar-refractivity contribution < 1.29 is 4.79 Å². The van der Waals surface area contributed by atoms with E-state index in [1.807, 2.05) is 71.3 Å². The third-order valence-electron chi connectivity index (χ3n) is 5.40. The predicted octanol–water partition coefficient (Wildman–Crippen LogP) is 5.06. The molecule has 0 N–H and O–H groups in total. The maximum absolute atomic E-state index is 13.4. The maximum Gasteiger partial charge on any atom is 0.238 e. The van der Waals surface area contributed by atoms with Gasteiger partial charge in [-0.15, -0.1) is 22.0 Å². The Labute approximate surface area is 190 Å². The predicted molar refractivity (Wildman–Crippen MR) is 127 cm³/mol. The second-order valence-electron chi connectivity index (χ2n) is 7.28. The van der Waals surface area contributed by atoms with Gasteiger partial charge in [0.1, 0.15) is 0 Å². The Bertz CT molecular complexity index is 1160. The number of hydrogen-bond donors (Lipinski definition) is 0. The highest BCUT2D eigenvalue weighted by atomic mass is 32.2. The minimum absolute atomic E-state index is 0.0296. The summed E-state index contributed by atoms with van der Waals surface area (Å²) in [7, 11) is 0. The molecule has 3 aromatic rings. The number of hydrogen-bond acceptors (Lipinski definition) is 5. The molecule has 1 aromatic heterocycles. The quantitative estimate of drug-likeness (QED) is 0.513. The lowest BCUT2D eigenvalue weighted by Gasteiger charge is -2.40. The van der Waals surface area contributed by atoms with Crippen LogP contribution >= 0.6 is 23.5 Å². The molecule has 0 radical (unpaired) electrons. The summed E-state index contributed by atoms with van der Waals surface area (Å²) in [6.07, 6.45) is 8.40. The second kappa shape index (κ2) is 8.77. The summed E-state index contributed by atoms with van der Waals surface area (Å²) in [5.41, 5.74) is 2.01. The van der Waals surface area contributed by atoms with Gasteiger partial charge in [0.2, 0.25) is 5.91 Å². The number of anilines is 1. The van der Waals surface area contributed by atoms with Gasteiger partial charge in [0.25, 0.3) is 0 Å². The molecule has 0 saturated heterocycles. The van der Waals surface area contributed by atoms with Crippen LogP contribution in [-0.2, 0) is 11.3 Å². The fraction of sp³-hybridized carbons (Fsp3) is 0.208. The number of nitrogens with zero attached hydrogens (tertiary/aromatic N) is 4. The Morgan fingerprint density at radius 2 is 1.81 bits per heavy atom. The summed E-state index contributed by atoms with van der Waals surface area (Å²) in [6, 6.07) is 18.2. The zero-order valence-corrected chi connectivity index (χ0v) is 18.7. The summed E-state index contributed by atoms with van der Waals surface area (Å²) in [5, 5.41) is 9.78. The molecule has 2 aromatic carbocycles. The standard InChI is InChI=1S/C24H22N4OS2/c1-2-27-23(17-10-4-3-5-11-17)25-26-24(27)30-16-22(29)28-18-12-6-8-14-20(18)31-21-15-9-7-13-19(21)28/h3-15,18,20H,2,16H2,1H3/t18-,20-/m1/s1. The fourth-order valence-corrected chi connectivity index (χ4v) is 6.08. The number of fused-ring (bicyclic) bond motifs is 2. The van der Waals surface area contributed by atoms with Gasteiger partial charge >= 0.3 is 0 Å². The van der Waals surface area contributed by atoms with Crippen LogP contribution in [0.4, 0.5) is 5.69 Å². The van der Waals surface area contributed by atoms with Crippen LogP contribution in [0.2, 0.25) is 0 Å². The van der Waals surface area contributed by atoms with Crippen molar-refractivity contribution in [1.29, 1.82) is 0 Å². The Hall–Kier alpha value is -2.77. The van der Waals surface area contributed by atoms with Crippen LogP contribution < -0.4 is 4.90 Å². The Morgan fingerprint density at radius 3 is 2.65 bits per heavy atom. The molecule has 31 heavy (non-hydrogen) atoms. The Balaban J connectivity index is 1.39. The van der Waals surface area contributed by atoms with Crippen LogP contribution in [0.3, 0.4) is 0 Å². The summed E-state index contributed by atoms with van der Waals surface area (Å²) >= 11 is 3.27. The van der Waals surface area contributed by atoms with Crippen molar-refractivity contribution in [3.05, 3.63) is 78.9 Å². The average Bonchev–Trinajstić information content (AvgIpc) is 3.24. The lowest BCUT2D eigenvalue weighted by atomic mass is 10.0. The van der Waals surface area contributed by atoms with Gasteiger partial charge in [-0.3, -0.25) is 4.79 Å². The molecule has 5 rings (SSSR count). The van der Waals surface area contributed by atoms with E-state index in [2.05, 4.69) is 46.0 Å². The number of para-hydroxylation sites is 1. The van der Waals surface area contributed by atoms with Crippen molar-refractivity contribution >= 4 is 35.1 Å². The smallest absolute Gasteiger partial charge is 0.238 e. The zero-order valence-electron chi connectivity index (χ0n) is 17.1. The molecule has 2 heterocycles. The zero-order chi connectivity index (χ0) is 21.2. The molecule has 1 amide bonds. The number of carbonyl (C=O) groups is 1. The molecular weight excluding hydrogens is 424 g/mol. The van der Waals surface area contributed by atoms with Gasteiger partial charge in [0, 0.05) is 17.0 Å². The first-order valence-electron chi connectivity index (χ1n) is 10.3. The first kappa shape index (κ1) is 20.2. The van der Waals surface area contributed by atoms with E-state index >= 15 is 0 Å². The van der Waals surface area contributed by atoms with Gasteiger partial charge < -0.3 is 9.47 Å². The molecule has 2 aliphatic rings. The number of amides is 1. The third-order valence-corrected chi connectivity index (χ3v) is 7.66. The van der Waals surface area contributed by atoms with E-state index in [0.29, 0.717) is 5.75 Å². The number of allylic oxidation sites excluding steroid dienone is 2. The highest BCUT2D eigenvalue weighted by Crippen LogP contribution is 2.43. The molecule has 5 nitrogen and oxygen atoms in total. The van der Waals surface area contributed by atoms with E-state index in [-0.39, 0.29) is 17.2 Å². The molecule has 1 aliphatic heterocycles. The summed E-state index contributed by atoms with van der Waals surface area (Å²) < 4.78 is 2.07. The molecule has 0 fully saturated rings. The van der Waals surface area contributed by atoms with Crippen molar-refractivity contribution in [1.82, 2.24) is 14.8 Å². The van der Waals surface area contributed by atoms with Crippen molar-refractivity contribution in [2.45, 2.75) is 34.8 Å². The molecule has 0 unspecified atom stereocenters. The van der Waals surface area contributed by atoms with Crippen molar-refractivity contribution in [3.63, 3.8) is 0 Å². The normalized spacial score (nSPS) is 19.2. The molecule has 0 spiro atoms. The largest absolute Gasteiger partial charge is 0.302 e. The van der Waals surface area contributed by atoms with Crippen LogP contribution in [0.15, 0.2) is 89.0 Å². The highest BCUT2D eigenvalue weighted by molar-refractivity contribution is 8.00. The summed E-state index contributed by atoms with van der Waals surface area (Å²) in [4.78, 5) is 16.5.